The number of esters is 2. The van der Waals surface area contributed by atoms with Gasteiger partial charge in [0, 0.05) is 35.8 Å². The van der Waals surface area contributed by atoms with E-state index in [1.165, 1.54) is 0 Å². The molecule has 0 saturated heterocycles. The predicted molar refractivity (Wildman–Crippen MR) is 133 cm³/mol. The van der Waals surface area contributed by atoms with Crippen LogP contribution in [-0.4, -0.2) is 113 Å². The summed E-state index contributed by atoms with van der Waals surface area (Å²) in [5.74, 6) is -1.32. The third-order valence-electron chi connectivity index (χ3n) is 5.16. The summed E-state index contributed by atoms with van der Waals surface area (Å²) in [5, 5.41) is 0. The molecule has 0 aliphatic heterocycles. The van der Waals surface area contributed by atoms with Crippen LogP contribution in [0.25, 0.3) is 0 Å². The first-order chi connectivity index (χ1) is 14.7. The average molecular weight is 497 g/mol. The van der Waals surface area contributed by atoms with E-state index in [0.717, 1.165) is 34.2 Å². The Morgan fingerprint density at radius 3 is 1.28 bits per heavy atom. The lowest BCUT2D eigenvalue weighted by Gasteiger charge is -2.24. The molecular formula is C22H46N2O6P2+2. The molecule has 32 heavy (non-hydrogen) atoms. The first-order valence-electron chi connectivity index (χ1n) is 11.4. The van der Waals surface area contributed by atoms with Crippen molar-refractivity contribution in [2.45, 2.75) is 38.0 Å². The Labute approximate surface area is 196 Å². The molecule has 0 radical (unpaired) electrons. The second-order valence-corrected chi connectivity index (χ2v) is 14.8. The zero-order valence-corrected chi connectivity index (χ0v) is 23.3. The van der Waals surface area contributed by atoms with Crippen molar-refractivity contribution < 1.29 is 37.2 Å². The quantitative estimate of drug-likeness (QED) is 0.141. The Balaban J connectivity index is 4.46. The van der Waals surface area contributed by atoms with Crippen molar-refractivity contribution in [3.05, 3.63) is 12.2 Å². The van der Waals surface area contributed by atoms with Gasteiger partial charge in [-0.1, -0.05) is 13.8 Å². The fourth-order valence-electron chi connectivity index (χ4n) is 2.77. The van der Waals surface area contributed by atoms with Gasteiger partial charge in [-0.3, -0.25) is 0 Å². The molecule has 0 aromatic heterocycles. The molecule has 0 aromatic carbocycles. The number of carbonyl (C=O) groups excluding carboxylic acids is 2. The topological polar surface area (TPSA) is 86.7 Å². The van der Waals surface area contributed by atoms with Gasteiger partial charge < -0.3 is 27.6 Å². The lowest BCUT2D eigenvalue weighted by Crippen LogP contribution is -2.37. The SMILES string of the molecule is CCC(COC(=O)/C=C/C(=O)OCC(CC)[PH](=O)CC[N+](C)(C)C)[PH](=O)CC[N+](C)(C)C. The highest BCUT2D eigenvalue weighted by molar-refractivity contribution is 7.45. The van der Waals surface area contributed by atoms with Crippen LogP contribution in [0.5, 0.6) is 0 Å². The number of carbonyl (C=O) groups is 2. The Morgan fingerprint density at radius 1 is 0.719 bits per heavy atom. The first kappa shape index (κ1) is 31.1. The van der Waals surface area contributed by atoms with Crippen LogP contribution in [0.1, 0.15) is 26.7 Å². The molecule has 0 spiro atoms. The van der Waals surface area contributed by atoms with Gasteiger partial charge in [-0.15, -0.1) is 0 Å². The van der Waals surface area contributed by atoms with Crippen molar-refractivity contribution in [2.24, 2.45) is 0 Å². The smallest absolute Gasteiger partial charge is 0.331 e. The van der Waals surface area contributed by atoms with Crippen LogP contribution in [0.15, 0.2) is 12.2 Å². The number of hydrogen-bond acceptors (Lipinski definition) is 6. The Morgan fingerprint density at radius 2 is 1.03 bits per heavy atom. The average Bonchev–Trinajstić information content (AvgIpc) is 2.68. The van der Waals surface area contributed by atoms with Crippen LogP contribution in [-0.2, 0) is 28.2 Å². The van der Waals surface area contributed by atoms with Gasteiger partial charge in [0.15, 0.2) is 0 Å². The van der Waals surface area contributed by atoms with Crippen LogP contribution in [0, 0.1) is 0 Å². The summed E-state index contributed by atoms with van der Waals surface area (Å²) in [7, 11) is 8.56. The second kappa shape index (κ2) is 15.1. The minimum atomic E-state index is -1.87. The Kier molecular flexibility index (Phi) is 14.6. The number of ether oxygens (including phenoxy) is 2. The number of quaternary nitrogens is 2. The third kappa shape index (κ3) is 15.8. The molecular weight excluding hydrogens is 450 g/mol. The fraction of sp³-hybridized carbons (Fsp3) is 0.818. The zero-order valence-electron chi connectivity index (χ0n) is 21.3. The van der Waals surface area contributed by atoms with E-state index < -0.39 is 27.5 Å². The summed E-state index contributed by atoms with van der Waals surface area (Å²) < 4.78 is 36.9. The van der Waals surface area contributed by atoms with E-state index in [1.807, 2.05) is 56.1 Å². The van der Waals surface area contributed by atoms with E-state index in [9.17, 15) is 18.7 Å². The lowest BCUT2D eigenvalue weighted by molar-refractivity contribution is -0.867. The van der Waals surface area contributed by atoms with Gasteiger partial charge in [-0.25, -0.2) is 9.59 Å². The highest BCUT2D eigenvalue weighted by Gasteiger charge is 2.21. The van der Waals surface area contributed by atoms with E-state index in [-0.39, 0.29) is 24.5 Å². The molecule has 0 aromatic rings. The minimum absolute atomic E-state index is 0.0792. The summed E-state index contributed by atoms with van der Waals surface area (Å²) in [5.41, 5.74) is -0.323. The molecule has 8 nitrogen and oxygen atoms in total. The molecule has 0 rings (SSSR count). The molecule has 0 fully saturated rings. The predicted octanol–water partition coefficient (Wildman–Crippen LogP) is 2.72. The summed E-state index contributed by atoms with van der Waals surface area (Å²) in [4.78, 5) is 23.9. The molecule has 0 amide bonds. The number of rotatable bonds is 16. The van der Waals surface area contributed by atoms with Crippen LogP contribution in [0.2, 0.25) is 0 Å². The largest absolute Gasteiger partial charge is 0.462 e. The van der Waals surface area contributed by atoms with E-state index >= 15 is 0 Å². The number of hydrogen-bond donors (Lipinski definition) is 0. The maximum absolute atomic E-state index is 12.5. The monoisotopic (exact) mass is 496 g/mol. The van der Waals surface area contributed by atoms with E-state index in [2.05, 4.69) is 0 Å². The van der Waals surface area contributed by atoms with Gasteiger partial charge in [0.05, 0.1) is 71.0 Å². The summed E-state index contributed by atoms with van der Waals surface area (Å²) in [6.45, 7) is 5.61. The Hall–Kier alpha value is -0.940. The summed E-state index contributed by atoms with van der Waals surface area (Å²) in [6, 6.07) is 0. The van der Waals surface area contributed by atoms with Crippen LogP contribution < -0.4 is 0 Å². The van der Waals surface area contributed by atoms with E-state index in [4.69, 9.17) is 9.47 Å². The molecule has 0 saturated carbocycles. The highest BCUT2D eigenvalue weighted by atomic mass is 31.1. The van der Waals surface area contributed by atoms with Gasteiger partial charge in [-0.05, 0) is 12.8 Å². The van der Waals surface area contributed by atoms with Gasteiger partial charge in [0.1, 0.15) is 13.2 Å². The highest BCUT2D eigenvalue weighted by Crippen LogP contribution is 2.31. The second-order valence-electron chi connectivity index (χ2n) is 10.3. The van der Waals surface area contributed by atoms with Crippen LogP contribution in [0.4, 0.5) is 0 Å². The summed E-state index contributed by atoms with van der Waals surface area (Å²) in [6.07, 6.45) is 4.62. The summed E-state index contributed by atoms with van der Waals surface area (Å²) >= 11 is 0. The van der Waals surface area contributed by atoms with Gasteiger partial charge in [0.2, 0.25) is 0 Å². The van der Waals surface area contributed by atoms with Crippen molar-refractivity contribution in [2.75, 3.05) is 80.9 Å². The molecule has 0 heterocycles. The van der Waals surface area contributed by atoms with Crippen LogP contribution in [0.3, 0.4) is 0 Å². The molecule has 0 bridgehead atoms. The lowest BCUT2D eigenvalue weighted by atomic mass is 10.3. The van der Waals surface area contributed by atoms with Crippen molar-refractivity contribution in [1.82, 2.24) is 0 Å². The molecule has 4 unspecified atom stereocenters. The van der Waals surface area contributed by atoms with E-state index in [0.29, 0.717) is 25.2 Å². The zero-order chi connectivity index (χ0) is 24.9. The Bertz CT molecular complexity index is 612. The normalized spacial score (nSPS) is 16.4. The molecule has 10 heteroatoms. The van der Waals surface area contributed by atoms with E-state index in [1.54, 1.807) is 0 Å². The molecule has 0 aliphatic rings. The van der Waals surface area contributed by atoms with Crippen LogP contribution >= 0.6 is 15.6 Å². The number of nitrogens with zero attached hydrogens (tertiary/aromatic N) is 2. The van der Waals surface area contributed by atoms with Crippen molar-refractivity contribution >= 4 is 27.5 Å². The first-order valence-corrected chi connectivity index (χ1v) is 14.7. The van der Waals surface area contributed by atoms with Gasteiger partial charge >= 0.3 is 11.9 Å². The third-order valence-corrected chi connectivity index (χ3v) is 9.57. The van der Waals surface area contributed by atoms with Gasteiger partial charge in [-0.2, -0.15) is 0 Å². The van der Waals surface area contributed by atoms with Crippen molar-refractivity contribution in [3.63, 3.8) is 0 Å². The van der Waals surface area contributed by atoms with Gasteiger partial charge in [0.25, 0.3) is 0 Å². The molecule has 0 N–H and O–H groups in total. The fourth-order valence-corrected chi connectivity index (χ4v) is 6.82. The maximum Gasteiger partial charge on any atom is 0.331 e. The maximum atomic E-state index is 12.5. The molecule has 0 aliphatic carbocycles. The molecule has 4 atom stereocenters. The molecule has 188 valence electrons. The minimum Gasteiger partial charge on any atom is -0.462 e. The van der Waals surface area contributed by atoms with Crippen molar-refractivity contribution in [3.8, 4) is 0 Å². The van der Waals surface area contributed by atoms with Crippen molar-refractivity contribution in [1.29, 1.82) is 0 Å². The standard InChI is InChI=1S/C22H46N2O6P2/c1-9-19(31(27)15-13-23(3,4)5)17-29-21(25)11-12-22(26)30-18-20(10-2)32(28)16-14-24(6,7)8/h11-12,19-20,31-32H,9-10,13-18H2,1-8H3/q+2/b12-11+.